The predicted molar refractivity (Wildman–Crippen MR) is 103 cm³/mol. The predicted octanol–water partition coefficient (Wildman–Crippen LogP) is 4.72. The Kier molecular flexibility index (Phi) is 4.25. The van der Waals surface area contributed by atoms with E-state index in [1.54, 1.807) is 7.11 Å². The third-order valence-electron chi connectivity index (χ3n) is 4.88. The molecule has 0 saturated heterocycles. The molecule has 0 spiro atoms. The van der Waals surface area contributed by atoms with E-state index in [1.165, 1.54) is 0 Å². The fourth-order valence-corrected chi connectivity index (χ4v) is 3.72. The van der Waals surface area contributed by atoms with Crippen LogP contribution in [-0.4, -0.2) is 19.6 Å². The molecular formula is C22H21NO3. The summed E-state index contributed by atoms with van der Waals surface area (Å²) in [6.45, 7) is 2.55. The molecule has 1 aliphatic heterocycles. The van der Waals surface area contributed by atoms with Crippen molar-refractivity contribution in [1.29, 1.82) is 0 Å². The number of benzene rings is 3. The Hall–Kier alpha value is -3.01. The molecular weight excluding hydrogens is 326 g/mol. The van der Waals surface area contributed by atoms with Crippen molar-refractivity contribution in [1.82, 2.24) is 0 Å². The number of rotatable bonds is 4. The third-order valence-corrected chi connectivity index (χ3v) is 4.88. The number of fused-ring (bicyclic) bond motifs is 3. The number of nitrogens with one attached hydrogen (secondary N) is 1. The highest BCUT2D eigenvalue weighted by molar-refractivity contribution is 6.06. The molecule has 3 aromatic carbocycles. The number of methoxy groups -OCH3 is 1. The number of carbonyl (C=O) groups excluding carboxylic acids is 1. The smallest absolute Gasteiger partial charge is 0.225 e. The van der Waals surface area contributed by atoms with Crippen molar-refractivity contribution in [3.63, 3.8) is 0 Å². The van der Waals surface area contributed by atoms with Crippen LogP contribution in [0.15, 0.2) is 54.6 Å². The van der Waals surface area contributed by atoms with Gasteiger partial charge in [-0.3, -0.25) is 4.79 Å². The lowest BCUT2D eigenvalue weighted by Crippen LogP contribution is -2.24. The summed E-state index contributed by atoms with van der Waals surface area (Å²) in [5, 5.41) is 5.24. The van der Waals surface area contributed by atoms with Gasteiger partial charge in [0, 0.05) is 23.3 Å². The first-order chi connectivity index (χ1) is 12.7. The molecule has 0 bridgehead atoms. The van der Waals surface area contributed by atoms with Gasteiger partial charge in [-0.15, -0.1) is 0 Å². The second-order valence-electron chi connectivity index (χ2n) is 6.39. The van der Waals surface area contributed by atoms with Gasteiger partial charge >= 0.3 is 0 Å². The summed E-state index contributed by atoms with van der Waals surface area (Å²) >= 11 is 0. The summed E-state index contributed by atoms with van der Waals surface area (Å²) in [4.78, 5) is 12.5. The highest BCUT2D eigenvalue weighted by atomic mass is 16.5. The zero-order valence-corrected chi connectivity index (χ0v) is 14.9. The first kappa shape index (κ1) is 16.5. The van der Waals surface area contributed by atoms with Crippen LogP contribution in [0.25, 0.3) is 10.8 Å². The molecule has 1 unspecified atom stereocenters. The zero-order valence-electron chi connectivity index (χ0n) is 14.9. The Morgan fingerprint density at radius 3 is 2.73 bits per heavy atom. The van der Waals surface area contributed by atoms with Gasteiger partial charge in [-0.05, 0) is 36.1 Å². The maximum atomic E-state index is 12.5. The molecule has 1 heterocycles. The highest BCUT2D eigenvalue weighted by Crippen LogP contribution is 2.44. The SMILES string of the molecule is CCOc1ccc(OC)c(C2CC(=O)Nc3c2ccc2ccccc32)c1. The molecule has 4 nitrogen and oxygen atoms in total. The summed E-state index contributed by atoms with van der Waals surface area (Å²) < 4.78 is 11.2. The van der Waals surface area contributed by atoms with Gasteiger partial charge in [-0.2, -0.15) is 0 Å². The number of hydrogen-bond donors (Lipinski definition) is 1. The lowest BCUT2D eigenvalue weighted by atomic mass is 9.83. The van der Waals surface area contributed by atoms with E-state index in [1.807, 2.05) is 43.3 Å². The van der Waals surface area contributed by atoms with E-state index in [2.05, 4.69) is 23.5 Å². The van der Waals surface area contributed by atoms with Crippen LogP contribution >= 0.6 is 0 Å². The Morgan fingerprint density at radius 2 is 1.92 bits per heavy atom. The molecule has 1 N–H and O–H groups in total. The van der Waals surface area contributed by atoms with Crippen LogP contribution in [0.4, 0.5) is 5.69 Å². The van der Waals surface area contributed by atoms with Crippen molar-refractivity contribution in [2.75, 3.05) is 19.0 Å². The van der Waals surface area contributed by atoms with Crippen molar-refractivity contribution in [2.24, 2.45) is 0 Å². The topological polar surface area (TPSA) is 47.6 Å². The van der Waals surface area contributed by atoms with Crippen LogP contribution in [0.3, 0.4) is 0 Å². The zero-order chi connectivity index (χ0) is 18.1. The average Bonchev–Trinajstić information content (AvgIpc) is 2.67. The van der Waals surface area contributed by atoms with Crippen molar-refractivity contribution < 1.29 is 14.3 Å². The Morgan fingerprint density at radius 1 is 1.08 bits per heavy atom. The standard InChI is InChI=1S/C22H21NO3/c1-3-26-15-9-11-20(25-2)19(12-15)18-13-21(24)23-22-16-7-5-4-6-14(16)8-10-17(18)22/h4-12,18H,3,13H2,1-2H3,(H,23,24). The summed E-state index contributed by atoms with van der Waals surface area (Å²) in [5.74, 6) is 1.50. The molecule has 0 saturated carbocycles. The minimum atomic E-state index is -0.0706. The van der Waals surface area contributed by atoms with E-state index in [9.17, 15) is 4.79 Å². The maximum absolute atomic E-state index is 12.5. The second-order valence-corrected chi connectivity index (χ2v) is 6.39. The van der Waals surface area contributed by atoms with E-state index in [0.717, 1.165) is 39.1 Å². The molecule has 0 aromatic heterocycles. The van der Waals surface area contributed by atoms with Crippen molar-refractivity contribution in [3.05, 3.63) is 65.7 Å². The number of hydrogen-bond acceptors (Lipinski definition) is 3. The van der Waals surface area contributed by atoms with Gasteiger partial charge in [-0.1, -0.05) is 36.4 Å². The van der Waals surface area contributed by atoms with Gasteiger partial charge in [0.25, 0.3) is 0 Å². The fraction of sp³-hybridized carbons (Fsp3) is 0.227. The summed E-state index contributed by atoms with van der Waals surface area (Å²) in [6.07, 6.45) is 0.386. The van der Waals surface area contributed by atoms with E-state index in [0.29, 0.717) is 13.0 Å². The van der Waals surface area contributed by atoms with Crippen LogP contribution in [-0.2, 0) is 4.79 Å². The first-order valence-electron chi connectivity index (χ1n) is 8.83. The molecule has 0 radical (unpaired) electrons. The quantitative estimate of drug-likeness (QED) is 0.743. The van der Waals surface area contributed by atoms with Gasteiger partial charge in [0.15, 0.2) is 0 Å². The normalized spacial score (nSPS) is 16.1. The maximum Gasteiger partial charge on any atom is 0.225 e. The molecule has 1 aliphatic rings. The van der Waals surface area contributed by atoms with Crippen molar-refractivity contribution in [3.8, 4) is 11.5 Å². The molecule has 4 rings (SSSR count). The molecule has 1 amide bonds. The van der Waals surface area contributed by atoms with Gasteiger partial charge in [0.1, 0.15) is 11.5 Å². The molecule has 3 aromatic rings. The number of ether oxygens (including phenoxy) is 2. The second kappa shape index (κ2) is 6.71. The number of carbonyl (C=O) groups is 1. The summed E-state index contributed by atoms with van der Waals surface area (Å²) in [7, 11) is 1.66. The molecule has 4 heteroatoms. The number of anilines is 1. The van der Waals surface area contributed by atoms with Gasteiger partial charge < -0.3 is 14.8 Å². The van der Waals surface area contributed by atoms with Crippen LogP contribution in [0.2, 0.25) is 0 Å². The molecule has 0 fully saturated rings. The highest BCUT2D eigenvalue weighted by Gasteiger charge is 2.30. The Labute approximate surface area is 152 Å². The monoisotopic (exact) mass is 347 g/mol. The summed E-state index contributed by atoms with van der Waals surface area (Å²) in [6, 6.07) is 18.1. The molecule has 1 atom stereocenters. The summed E-state index contributed by atoms with van der Waals surface area (Å²) in [5.41, 5.74) is 2.98. The average molecular weight is 347 g/mol. The minimum absolute atomic E-state index is 0.0164. The molecule has 26 heavy (non-hydrogen) atoms. The van der Waals surface area contributed by atoms with Gasteiger partial charge in [0.2, 0.25) is 5.91 Å². The lowest BCUT2D eigenvalue weighted by molar-refractivity contribution is -0.116. The fourth-order valence-electron chi connectivity index (χ4n) is 3.72. The minimum Gasteiger partial charge on any atom is -0.496 e. The molecule has 0 aliphatic carbocycles. The Bertz CT molecular complexity index is 980. The number of amides is 1. The van der Waals surface area contributed by atoms with E-state index in [4.69, 9.17) is 9.47 Å². The first-order valence-corrected chi connectivity index (χ1v) is 8.83. The third kappa shape index (κ3) is 2.77. The van der Waals surface area contributed by atoms with Crippen molar-refractivity contribution in [2.45, 2.75) is 19.3 Å². The van der Waals surface area contributed by atoms with Crippen LogP contribution in [0.5, 0.6) is 11.5 Å². The van der Waals surface area contributed by atoms with E-state index < -0.39 is 0 Å². The van der Waals surface area contributed by atoms with E-state index in [-0.39, 0.29) is 11.8 Å². The van der Waals surface area contributed by atoms with Crippen LogP contribution in [0, 0.1) is 0 Å². The van der Waals surface area contributed by atoms with Crippen LogP contribution < -0.4 is 14.8 Å². The van der Waals surface area contributed by atoms with E-state index >= 15 is 0 Å². The largest absolute Gasteiger partial charge is 0.496 e. The Balaban J connectivity index is 1.90. The van der Waals surface area contributed by atoms with Crippen molar-refractivity contribution >= 4 is 22.4 Å². The van der Waals surface area contributed by atoms with Gasteiger partial charge in [-0.25, -0.2) is 0 Å². The van der Waals surface area contributed by atoms with Gasteiger partial charge in [0.05, 0.1) is 19.4 Å². The molecule has 132 valence electrons. The van der Waals surface area contributed by atoms with Crippen LogP contribution in [0.1, 0.15) is 30.4 Å². The lowest BCUT2D eigenvalue weighted by Gasteiger charge is -2.28.